The summed E-state index contributed by atoms with van der Waals surface area (Å²) in [6.07, 6.45) is 3.15. The van der Waals surface area contributed by atoms with Crippen molar-refractivity contribution in [3.05, 3.63) is 60.2 Å². The Labute approximate surface area is 249 Å². The summed E-state index contributed by atoms with van der Waals surface area (Å²) >= 11 is 0. The topological polar surface area (TPSA) is 88.6 Å². The molecule has 0 radical (unpaired) electrons. The fourth-order valence-corrected chi connectivity index (χ4v) is 5.55. The van der Waals surface area contributed by atoms with Gasteiger partial charge in [-0.3, -0.25) is 4.79 Å². The summed E-state index contributed by atoms with van der Waals surface area (Å²) in [7, 11) is 0. The van der Waals surface area contributed by atoms with Crippen LogP contribution in [-0.2, 0) is 25.5 Å². The van der Waals surface area contributed by atoms with Crippen molar-refractivity contribution in [2.45, 2.75) is 65.0 Å². The van der Waals surface area contributed by atoms with Gasteiger partial charge in [0.15, 0.2) is 6.61 Å². The van der Waals surface area contributed by atoms with Crippen LogP contribution in [-0.4, -0.2) is 85.3 Å². The highest BCUT2D eigenvalue weighted by Gasteiger charge is 2.35. The zero-order chi connectivity index (χ0) is 30.1. The van der Waals surface area contributed by atoms with Gasteiger partial charge in [-0.2, -0.15) is 0 Å². The van der Waals surface area contributed by atoms with E-state index < -0.39 is 11.6 Å². The second-order valence-electron chi connectivity index (χ2n) is 12.0. The number of amides is 2. The number of hydrogen-bond donors (Lipinski definition) is 0. The van der Waals surface area contributed by atoms with E-state index in [-0.39, 0.29) is 24.6 Å². The van der Waals surface area contributed by atoms with Crippen LogP contribution >= 0.6 is 0 Å². The van der Waals surface area contributed by atoms with E-state index in [9.17, 15) is 14.4 Å². The molecule has 2 aliphatic heterocycles. The first-order valence-corrected chi connectivity index (χ1v) is 15.1. The average Bonchev–Trinajstić information content (AvgIpc) is 2.97. The maximum Gasteiger partial charge on any atom is 0.410 e. The van der Waals surface area contributed by atoms with Crippen molar-refractivity contribution in [2.24, 2.45) is 5.92 Å². The van der Waals surface area contributed by atoms with Crippen molar-refractivity contribution < 1.29 is 28.6 Å². The zero-order valence-corrected chi connectivity index (χ0v) is 25.4. The van der Waals surface area contributed by atoms with Gasteiger partial charge in [-0.1, -0.05) is 30.3 Å². The number of likely N-dealkylation sites (tertiary alicyclic amines) is 1. The van der Waals surface area contributed by atoms with Crippen molar-refractivity contribution in [2.75, 3.05) is 50.8 Å². The Morgan fingerprint density at radius 3 is 2.26 bits per heavy atom. The van der Waals surface area contributed by atoms with Gasteiger partial charge in [0.05, 0.1) is 6.61 Å². The SMILES string of the molecule is CCOC(=O)COc1ccc(N2CCN(CCC3CCN(C(=O)OC(C)(C)C)CC3)C(=O)[C@H]2Cc2ccccc2)cc1. The minimum Gasteiger partial charge on any atom is -0.482 e. The summed E-state index contributed by atoms with van der Waals surface area (Å²) in [5.41, 5.74) is 1.57. The Kier molecular flexibility index (Phi) is 10.7. The lowest BCUT2D eigenvalue weighted by atomic mass is 9.93. The molecular formula is C33H45N3O6. The van der Waals surface area contributed by atoms with E-state index in [1.807, 2.05) is 68.1 Å². The molecule has 0 unspecified atom stereocenters. The number of ether oxygens (including phenoxy) is 3. The van der Waals surface area contributed by atoms with Crippen molar-refractivity contribution >= 4 is 23.7 Å². The third-order valence-corrected chi connectivity index (χ3v) is 7.76. The lowest BCUT2D eigenvalue weighted by Crippen LogP contribution is -2.58. The quantitative estimate of drug-likeness (QED) is 0.369. The smallest absolute Gasteiger partial charge is 0.410 e. The number of benzene rings is 2. The molecule has 1 atom stereocenters. The predicted molar refractivity (Wildman–Crippen MR) is 162 cm³/mol. The third-order valence-electron chi connectivity index (χ3n) is 7.76. The second-order valence-corrected chi connectivity index (χ2v) is 12.0. The molecule has 0 N–H and O–H groups in total. The van der Waals surface area contributed by atoms with Gasteiger partial charge < -0.3 is 28.9 Å². The van der Waals surface area contributed by atoms with E-state index in [0.29, 0.717) is 44.3 Å². The van der Waals surface area contributed by atoms with Crippen LogP contribution in [0.3, 0.4) is 0 Å². The number of carbonyl (C=O) groups is 3. The molecule has 0 saturated carbocycles. The summed E-state index contributed by atoms with van der Waals surface area (Å²) < 4.78 is 16.0. The van der Waals surface area contributed by atoms with Gasteiger partial charge >= 0.3 is 12.1 Å². The molecule has 2 aliphatic rings. The highest BCUT2D eigenvalue weighted by molar-refractivity contribution is 5.87. The van der Waals surface area contributed by atoms with E-state index in [2.05, 4.69) is 17.0 Å². The van der Waals surface area contributed by atoms with Gasteiger partial charge in [0.25, 0.3) is 0 Å². The molecule has 2 amide bonds. The van der Waals surface area contributed by atoms with Crippen molar-refractivity contribution in [3.8, 4) is 5.75 Å². The first kappa shape index (κ1) is 31.2. The Morgan fingerprint density at radius 1 is 0.929 bits per heavy atom. The lowest BCUT2D eigenvalue weighted by Gasteiger charge is -2.43. The monoisotopic (exact) mass is 579 g/mol. The molecule has 0 spiro atoms. The van der Waals surface area contributed by atoms with Crippen LogP contribution in [0, 0.1) is 5.92 Å². The van der Waals surface area contributed by atoms with Crippen molar-refractivity contribution in [3.63, 3.8) is 0 Å². The van der Waals surface area contributed by atoms with E-state index >= 15 is 0 Å². The number of rotatable bonds is 10. The third kappa shape index (κ3) is 8.87. The Hall–Kier alpha value is -3.75. The van der Waals surface area contributed by atoms with Gasteiger partial charge in [-0.15, -0.1) is 0 Å². The fraction of sp³-hybridized carbons (Fsp3) is 0.545. The van der Waals surface area contributed by atoms with Gasteiger partial charge in [-0.25, -0.2) is 9.59 Å². The van der Waals surface area contributed by atoms with Gasteiger partial charge in [0, 0.05) is 44.8 Å². The summed E-state index contributed by atoms with van der Waals surface area (Å²) in [6, 6.07) is 17.3. The number of nitrogens with zero attached hydrogens (tertiary/aromatic N) is 3. The first-order valence-electron chi connectivity index (χ1n) is 15.1. The highest BCUT2D eigenvalue weighted by Crippen LogP contribution is 2.28. The molecule has 4 rings (SSSR count). The van der Waals surface area contributed by atoms with E-state index in [4.69, 9.17) is 14.2 Å². The number of piperazine rings is 1. The molecule has 2 aromatic carbocycles. The Balaban J connectivity index is 1.36. The van der Waals surface area contributed by atoms with E-state index in [1.165, 1.54) is 0 Å². The van der Waals surface area contributed by atoms with Crippen LogP contribution in [0.2, 0.25) is 0 Å². The highest BCUT2D eigenvalue weighted by atomic mass is 16.6. The van der Waals surface area contributed by atoms with Crippen LogP contribution in [0.25, 0.3) is 0 Å². The van der Waals surface area contributed by atoms with E-state index in [1.54, 1.807) is 11.8 Å². The molecule has 2 saturated heterocycles. The van der Waals surface area contributed by atoms with Crippen LogP contribution < -0.4 is 9.64 Å². The van der Waals surface area contributed by atoms with Gasteiger partial charge in [0.1, 0.15) is 17.4 Å². The number of hydrogen-bond acceptors (Lipinski definition) is 7. The second kappa shape index (κ2) is 14.4. The molecule has 9 nitrogen and oxygen atoms in total. The minimum atomic E-state index is -0.493. The standard InChI is InChI=1S/C33H45N3O6/c1-5-40-30(37)24-41-28-13-11-27(12-14-28)36-22-21-34(31(38)29(36)23-26-9-7-6-8-10-26)18-15-25-16-19-35(20-17-25)32(39)42-33(2,3)4/h6-14,25,29H,5,15-24H2,1-4H3/t29-/m1/s1. The molecule has 0 aromatic heterocycles. The first-order chi connectivity index (χ1) is 20.1. The minimum absolute atomic E-state index is 0.138. The number of piperidine rings is 1. The fourth-order valence-electron chi connectivity index (χ4n) is 5.55. The summed E-state index contributed by atoms with van der Waals surface area (Å²) in [5.74, 6) is 0.789. The summed E-state index contributed by atoms with van der Waals surface area (Å²) in [5, 5.41) is 0. The lowest BCUT2D eigenvalue weighted by molar-refractivity contribution is -0.145. The zero-order valence-electron chi connectivity index (χ0n) is 25.4. The van der Waals surface area contributed by atoms with Crippen LogP contribution in [0.5, 0.6) is 5.75 Å². The predicted octanol–water partition coefficient (Wildman–Crippen LogP) is 4.93. The Bertz CT molecular complexity index is 1170. The van der Waals surface area contributed by atoms with Crippen LogP contribution in [0.1, 0.15) is 52.5 Å². The normalized spacial score (nSPS) is 18.1. The molecule has 2 heterocycles. The summed E-state index contributed by atoms with van der Waals surface area (Å²) in [6.45, 7) is 11.1. The molecule has 0 aliphatic carbocycles. The molecule has 2 fully saturated rings. The largest absolute Gasteiger partial charge is 0.482 e. The average molecular weight is 580 g/mol. The molecular weight excluding hydrogens is 534 g/mol. The number of esters is 1. The molecule has 0 bridgehead atoms. The van der Waals surface area contributed by atoms with Gasteiger partial charge in [0.2, 0.25) is 5.91 Å². The maximum absolute atomic E-state index is 13.9. The van der Waals surface area contributed by atoms with Crippen molar-refractivity contribution in [1.82, 2.24) is 9.80 Å². The number of anilines is 1. The Morgan fingerprint density at radius 2 is 1.62 bits per heavy atom. The van der Waals surface area contributed by atoms with Crippen LogP contribution in [0.4, 0.5) is 10.5 Å². The maximum atomic E-state index is 13.9. The van der Waals surface area contributed by atoms with Crippen LogP contribution in [0.15, 0.2) is 54.6 Å². The summed E-state index contributed by atoms with van der Waals surface area (Å²) in [4.78, 5) is 44.0. The van der Waals surface area contributed by atoms with Crippen molar-refractivity contribution in [1.29, 1.82) is 0 Å². The molecule has 9 heteroatoms. The van der Waals surface area contributed by atoms with E-state index in [0.717, 1.165) is 43.6 Å². The number of carbonyl (C=O) groups excluding carboxylic acids is 3. The van der Waals surface area contributed by atoms with Gasteiger partial charge in [-0.05, 0) is 82.7 Å². The molecule has 42 heavy (non-hydrogen) atoms. The molecule has 2 aromatic rings. The molecule has 228 valence electrons.